The third-order valence-corrected chi connectivity index (χ3v) is 8.10. The maximum atomic E-state index is 12.4. The largest absolute Gasteiger partial charge is 0.484 e. The summed E-state index contributed by atoms with van der Waals surface area (Å²) in [4.78, 5) is 12.2. The molecule has 174 valence electrons. The summed E-state index contributed by atoms with van der Waals surface area (Å²) in [5, 5.41) is 0.478. The molecule has 3 aromatic rings. The van der Waals surface area contributed by atoms with Crippen LogP contribution in [-0.2, 0) is 31.1 Å². The number of sulfone groups is 1. The molecule has 0 aromatic heterocycles. The number of nitrogens with one attached hydrogen (secondary N) is 1. The summed E-state index contributed by atoms with van der Waals surface area (Å²) in [7, 11) is -7.34. The van der Waals surface area contributed by atoms with Crippen molar-refractivity contribution < 1.29 is 26.4 Å². The number of rotatable bonds is 10. The van der Waals surface area contributed by atoms with Crippen LogP contribution in [0.5, 0.6) is 5.75 Å². The minimum absolute atomic E-state index is 0.00292. The summed E-state index contributed by atoms with van der Waals surface area (Å²) in [6.45, 7) is -0.468. The van der Waals surface area contributed by atoms with E-state index in [4.69, 9.17) is 16.3 Å². The molecule has 0 aliphatic carbocycles. The monoisotopic (exact) mass is 507 g/mol. The number of benzene rings is 3. The molecule has 33 heavy (non-hydrogen) atoms. The van der Waals surface area contributed by atoms with Crippen LogP contribution in [0.15, 0.2) is 88.7 Å². The van der Waals surface area contributed by atoms with Crippen molar-refractivity contribution in [2.24, 2.45) is 0 Å². The number of carbonyl (C=O) groups is 1. The first kappa shape index (κ1) is 24.8. The van der Waals surface area contributed by atoms with Crippen LogP contribution in [0.25, 0.3) is 0 Å². The van der Waals surface area contributed by atoms with Gasteiger partial charge in [0.1, 0.15) is 5.75 Å². The fourth-order valence-corrected chi connectivity index (χ4v) is 5.39. The third-order valence-electron chi connectivity index (χ3n) is 4.65. The number of halogens is 1. The van der Waals surface area contributed by atoms with Gasteiger partial charge in [-0.05, 0) is 66.9 Å². The number of carbonyl (C=O) groups excluding carboxylic acids is 1. The summed E-state index contributed by atoms with van der Waals surface area (Å²) in [5.41, 5.74) is 0.907. The number of aryl methyl sites for hydroxylation is 1. The second-order valence-electron chi connectivity index (χ2n) is 7.15. The fraction of sp³-hybridized carbons (Fsp3) is 0.174. The second kappa shape index (κ2) is 10.8. The van der Waals surface area contributed by atoms with Gasteiger partial charge in [-0.3, -0.25) is 4.79 Å². The smallest absolute Gasteiger partial charge is 0.271 e. The Labute approximate surface area is 198 Å². The fourth-order valence-electron chi connectivity index (χ4n) is 2.97. The number of sulfonamides is 1. The maximum absolute atomic E-state index is 12.4. The van der Waals surface area contributed by atoms with Crippen LogP contribution in [0.1, 0.15) is 12.0 Å². The molecule has 0 aliphatic heterocycles. The van der Waals surface area contributed by atoms with Crippen molar-refractivity contribution in [3.05, 3.63) is 89.4 Å². The lowest BCUT2D eigenvalue weighted by Gasteiger charge is -2.09. The van der Waals surface area contributed by atoms with Crippen LogP contribution in [0.4, 0.5) is 0 Å². The van der Waals surface area contributed by atoms with E-state index in [1.54, 1.807) is 54.6 Å². The summed E-state index contributed by atoms with van der Waals surface area (Å²) >= 11 is 5.80. The topological polar surface area (TPSA) is 107 Å². The van der Waals surface area contributed by atoms with E-state index in [9.17, 15) is 21.6 Å². The van der Waals surface area contributed by atoms with Gasteiger partial charge in [0, 0.05) is 5.02 Å². The molecule has 1 N–H and O–H groups in total. The Morgan fingerprint density at radius 2 is 1.45 bits per heavy atom. The number of amides is 1. The molecule has 0 heterocycles. The molecule has 0 saturated carbocycles. The van der Waals surface area contributed by atoms with Crippen LogP contribution in [0, 0.1) is 0 Å². The highest BCUT2D eigenvalue weighted by atomic mass is 35.5. The standard InChI is InChI=1S/C23H22ClNO6S2/c24-19-10-14-21(15-11-19)32(27,28)16-4-5-18-8-12-20(13-9-18)31-17-23(26)25-33(29,30)22-6-2-1-3-7-22/h1-3,6-15H,4-5,16-17H2,(H,25,26). The van der Waals surface area contributed by atoms with E-state index in [0.717, 1.165) is 5.56 Å². The first-order valence-electron chi connectivity index (χ1n) is 9.96. The first-order valence-corrected chi connectivity index (χ1v) is 13.5. The van der Waals surface area contributed by atoms with Crippen molar-refractivity contribution in [1.82, 2.24) is 4.72 Å². The van der Waals surface area contributed by atoms with Gasteiger partial charge < -0.3 is 4.74 Å². The lowest BCUT2D eigenvalue weighted by Crippen LogP contribution is -2.34. The van der Waals surface area contributed by atoms with Gasteiger partial charge in [-0.1, -0.05) is 41.9 Å². The predicted octanol–water partition coefficient (Wildman–Crippen LogP) is 3.63. The summed E-state index contributed by atoms with van der Waals surface area (Å²) in [6, 6.07) is 20.5. The van der Waals surface area contributed by atoms with E-state index in [-0.39, 0.29) is 15.5 Å². The van der Waals surface area contributed by atoms with E-state index in [2.05, 4.69) is 0 Å². The van der Waals surface area contributed by atoms with Gasteiger partial charge in [0.25, 0.3) is 15.9 Å². The second-order valence-corrected chi connectivity index (χ2v) is 11.4. The van der Waals surface area contributed by atoms with Gasteiger partial charge in [0.05, 0.1) is 15.5 Å². The molecular weight excluding hydrogens is 486 g/mol. The van der Waals surface area contributed by atoms with Gasteiger partial charge in [0.15, 0.2) is 16.4 Å². The molecule has 0 fully saturated rings. The molecule has 3 aromatic carbocycles. The Morgan fingerprint density at radius 3 is 2.09 bits per heavy atom. The number of hydrogen-bond acceptors (Lipinski definition) is 6. The van der Waals surface area contributed by atoms with Crippen molar-refractivity contribution in [1.29, 1.82) is 0 Å². The molecule has 3 rings (SSSR count). The zero-order valence-corrected chi connectivity index (χ0v) is 19.9. The van der Waals surface area contributed by atoms with Crippen LogP contribution in [0.2, 0.25) is 5.02 Å². The van der Waals surface area contributed by atoms with Crippen LogP contribution in [-0.4, -0.2) is 35.1 Å². The molecule has 10 heteroatoms. The van der Waals surface area contributed by atoms with Gasteiger partial charge in [-0.15, -0.1) is 0 Å². The minimum atomic E-state index is -3.95. The molecule has 0 radical (unpaired) electrons. The van der Waals surface area contributed by atoms with E-state index in [1.165, 1.54) is 24.3 Å². The van der Waals surface area contributed by atoms with Crippen LogP contribution >= 0.6 is 11.6 Å². The van der Waals surface area contributed by atoms with Crippen molar-refractivity contribution in [3.63, 3.8) is 0 Å². The van der Waals surface area contributed by atoms with Crippen LogP contribution in [0.3, 0.4) is 0 Å². The molecule has 0 saturated heterocycles. The number of hydrogen-bond donors (Lipinski definition) is 1. The molecule has 0 atom stereocenters. The summed E-state index contributed by atoms with van der Waals surface area (Å²) in [5.74, 6) is -0.404. The molecule has 7 nitrogen and oxygen atoms in total. The summed E-state index contributed by atoms with van der Waals surface area (Å²) in [6.07, 6.45) is 0.980. The van der Waals surface area contributed by atoms with Gasteiger partial charge in [-0.25, -0.2) is 21.6 Å². The van der Waals surface area contributed by atoms with Gasteiger partial charge in [0.2, 0.25) is 0 Å². The lowest BCUT2D eigenvalue weighted by molar-refractivity contribution is -0.121. The van der Waals surface area contributed by atoms with E-state index in [1.807, 2.05) is 4.72 Å². The summed E-state index contributed by atoms with van der Waals surface area (Å²) < 4.78 is 56.3. The van der Waals surface area contributed by atoms with Crippen molar-refractivity contribution in [2.45, 2.75) is 22.6 Å². The molecule has 0 bridgehead atoms. The Kier molecular flexibility index (Phi) is 8.12. The van der Waals surface area contributed by atoms with Gasteiger partial charge in [-0.2, -0.15) is 0 Å². The van der Waals surface area contributed by atoms with Crippen molar-refractivity contribution in [2.75, 3.05) is 12.4 Å². The number of ether oxygens (including phenoxy) is 1. The Hall–Kier alpha value is -2.88. The zero-order chi connectivity index (χ0) is 23.9. The molecule has 0 aliphatic rings. The van der Waals surface area contributed by atoms with E-state index >= 15 is 0 Å². The SMILES string of the molecule is O=C(COc1ccc(CCCS(=O)(=O)c2ccc(Cl)cc2)cc1)NS(=O)(=O)c1ccccc1. The first-order chi connectivity index (χ1) is 15.7. The molecule has 1 amide bonds. The lowest BCUT2D eigenvalue weighted by atomic mass is 10.1. The van der Waals surface area contributed by atoms with Crippen molar-refractivity contribution in [3.8, 4) is 5.75 Å². The highest BCUT2D eigenvalue weighted by molar-refractivity contribution is 7.91. The van der Waals surface area contributed by atoms with E-state index in [0.29, 0.717) is 23.6 Å². The average Bonchev–Trinajstić information content (AvgIpc) is 2.79. The third kappa shape index (κ3) is 7.31. The van der Waals surface area contributed by atoms with Crippen molar-refractivity contribution >= 4 is 37.4 Å². The molecule has 0 spiro atoms. The highest BCUT2D eigenvalue weighted by Crippen LogP contribution is 2.18. The Morgan fingerprint density at radius 1 is 0.818 bits per heavy atom. The van der Waals surface area contributed by atoms with Crippen LogP contribution < -0.4 is 9.46 Å². The van der Waals surface area contributed by atoms with Gasteiger partial charge >= 0.3 is 0 Å². The zero-order valence-electron chi connectivity index (χ0n) is 17.5. The Bertz CT molecular complexity index is 1290. The van der Waals surface area contributed by atoms with E-state index < -0.39 is 32.4 Å². The highest BCUT2D eigenvalue weighted by Gasteiger charge is 2.17. The minimum Gasteiger partial charge on any atom is -0.484 e. The quantitative estimate of drug-likeness (QED) is 0.449. The molecular formula is C23H22ClNO6S2. The predicted molar refractivity (Wildman–Crippen MR) is 126 cm³/mol. The average molecular weight is 508 g/mol. The molecule has 0 unspecified atom stereocenters. The Balaban J connectivity index is 1.46. The normalized spacial score (nSPS) is 11.7. The maximum Gasteiger partial charge on any atom is 0.271 e.